The molecule has 0 saturated carbocycles. The second-order valence-corrected chi connectivity index (χ2v) is 7.05. The molecule has 0 unspecified atom stereocenters. The molecule has 1 amide bonds. The maximum absolute atomic E-state index is 12.9. The number of ether oxygens (including phenoxy) is 1. The Labute approximate surface area is 160 Å². The topological polar surface area (TPSA) is 46.6 Å². The monoisotopic (exact) mass is 363 g/mol. The van der Waals surface area contributed by atoms with Crippen LogP contribution in [0.15, 0.2) is 49.0 Å². The zero-order valence-corrected chi connectivity index (χ0v) is 16.0. The van der Waals surface area contributed by atoms with Gasteiger partial charge in [0.05, 0.1) is 0 Å². The van der Waals surface area contributed by atoms with Gasteiger partial charge < -0.3 is 9.64 Å². The molecule has 0 spiro atoms. The predicted molar refractivity (Wildman–Crippen MR) is 107 cm³/mol. The SMILES string of the molecule is C=C(C)c1cc(C(=O)N2CCC(=O)CC2)c(C)cc1OCc1ccccc1. The number of benzene rings is 2. The zero-order valence-electron chi connectivity index (χ0n) is 16.0. The number of ketones is 1. The molecule has 140 valence electrons. The zero-order chi connectivity index (χ0) is 19.4. The molecule has 0 aromatic heterocycles. The van der Waals surface area contributed by atoms with Gasteiger partial charge >= 0.3 is 0 Å². The summed E-state index contributed by atoms with van der Waals surface area (Å²) in [6.07, 6.45) is 0.882. The summed E-state index contributed by atoms with van der Waals surface area (Å²) in [5.41, 5.74) is 4.29. The van der Waals surface area contributed by atoms with Crippen LogP contribution in [0.25, 0.3) is 5.57 Å². The van der Waals surface area contributed by atoms with Crippen LogP contribution in [0.4, 0.5) is 0 Å². The molecule has 4 heteroatoms. The molecule has 1 heterocycles. The van der Waals surface area contributed by atoms with Crippen molar-refractivity contribution < 1.29 is 14.3 Å². The van der Waals surface area contributed by atoms with Crippen molar-refractivity contribution in [2.45, 2.75) is 33.3 Å². The number of amides is 1. The van der Waals surface area contributed by atoms with E-state index in [1.54, 1.807) is 4.90 Å². The van der Waals surface area contributed by atoms with Gasteiger partial charge in [-0.2, -0.15) is 0 Å². The molecule has 1 fully saturated rings. The first-order valence-electron chi connectivity index (χ1n) is 9.24. The summed E-state index contributed by atoms with van der Waals surface area (Å²) in [4.78, 5) is 26.1. The average Bonchev–Trinajstić information content (AvgIpc) is 2.67. The van der Waals surface area contributed by atoms with Gasteiger partial charge in [0.2, 0.25) is 0 Å². The van der Waals surface area contributed by atoms with Crippen LogP contribution in [0, 0.1) is 6.92 Å². The fraction of sp³-hybridized carbons (Fsp3) is 0.304. The van der Waals surface area contributed by atoms with E-state index in [1.165, 1.54) is 0 Å². The number of rotatable bonds is 5. The highest BCUT2D eigenvalue weighted by Crippen LogP contribution is 2.30. The van der Waals surface area contributed by atoms with Crippen molar-refractivity contribution in [1.82, 2.24) is 4.90 Å². The van der Waals surface area contributed by atoms with Gasteiger partial charge in [0, 0.05) is 37.1 Å². The first-order chi connectivity index (χ1) is 13.0. The van der Waals surface area contributed by atoms with Crippen LogP contribution in [-0.2, 0) is 11.4 Å². The van der Waals surface area contributed by atoms with Crippen LogP contribution in [0.5, 0.6) is 5.75 Å². The highest BCUT2D eigenvalue weighted by atomic mass is 16.5. The van der Waals surface area contributed by atoms with E-state index in [-0.39, 0.29) is 11.7 Å². The van der Waals surface area contributed by atoms with Crippen molar-refractivity contribution in [3.63, 3.8) is 0 Å². The lowest BCUT2D eigenvalue weighted by Crippen LogP contribution is -2.38. The number of likely N-dealkylation sites (tertiary alicyclic amines) is 1. The number of Topliss-reactive ketones (excluding diaryl/α,β-unsaturated/α-hetero) is 1. The van der Waals surface area contributed by atoms with Crippen molar-refractivity contribution in [2.24, 2.45) is 0 Å². The number of carbonyl (C=O) groups excluding carboxylic acids is 2. The van der Waals surface area contributed by atoms with Crippen molar-refractivity contribution in [1.29, 1.82) is 0 Å². The molecular formula is C23H25NO3. The van der Waals surface area contributed by atoms with Gasteiger partial charge in [0.25, 0.3) is 5.91 Å². The van der Waals surface area contributed by atoms with E-state index in [0.717, 1.165) is 28.0 Å². The third-order valence-corrected chi connectivity index (χ3v) is 4.86. The van der Waals surface area contributed by atoms with Gasteiger partial charge in [0.15, 0.2) is 0 Å². The molecule has 4 nitrogen and oxygen atoms in total. The maximum Gasteiger partial charge on any atom is 0.254 e. The lowest BCUT2D eigenvalue weighted by molar-refractivity contribution is -0.120. The number of piperidine rings is 1. The summed E-state index contributed by atoms with van der Waals surface area (Å²) in [5.74, 6) is 0.925. The van der Waals surface area contributed by atoms with Gasteiger partial charge in [-0.3, -0.25) is 9.59 Å². The summed E-state index contributed by atoms with van der Waals surface area (Å²) in [6, 6.07) is 13.8. The lowest BCUT2D eigenvalue weighted by Gasteiger charge is -2.27. The molecule has 1 saturated heterocycles. The summed E-state index contributed by atoms with van der Waals surface area (Å²) in [7, 11) is 0. The molecule has 1 aliphatic rings. The summed E-state index contributed by atoms with van der Waals surface area (Å²) in [5, 5.41) is 0. The van der Waals surface area contributed by atoms with E-state index in [2.05, 4.69) is 6.58 Å². The van der Waals surface area contributed by atoms with Crippen molar-refractivity contribution in [2.75, 3.05) is 13.1 Å². The Morgan fingerprint density at radius 2 is 1.78 bits per heavy atom. The quantitative estimate of drug-likeness (QED) is 0.790. The highest BCUT2D eigenvalue weighted by molar-refractivity contribution is 5.98. The summed E-state index contributed by atoms with van der Waals surface area (Å²) < 4.78 is 6.03. The smallest absolute Gasteiger partial charge is 0.254 e. The first-order valence-corrected chi connectivity index (χ1v) is 9.24. The molecule has 0 aliphatic carbocycles. The number of aryl methyl sites for hydroxylation is 1. The number of nitrogens with zero attached hydrogens (tertiary/aromatic N) is 1. The van der Waals surface area contributed by atoms with E-state index in [0.29, 0.717) is 38.1 Å². The number of carbonyl (C=O) groups is 2. The number of hydrogen-bond acceptors (Lipinski definition) is 3. The molecule has 27 heavy (non-hydrogen) atoms. The Kier molecular flexibility index (Phi) is 5.75. The predicted octanol–water partition coefficient (Wildman–Crippen LogP) is 4.41. The van der Waals surface area contributed by atoms with E-state index >= 15 is 0 Å². The van der Waals surface area contributed by atoms with Gasteiger partial charge in [-0.25, -0.2) is 0 Å². The first kappa shape index (κ1) is 18.9. The molecule has 3 rings (SSSR count). The molecule has 0 atom stereocenters. The van der Waals surface area contributed by atoms with Crippen molar-refractivity contribution in [3.05, 3.63) is 71.3 Å². The molecule has 0 radical (unpaired) electrons. The number of allylic oxidation sites excluding steroid dienone is 1. The molecule has 1 aliphatic heterocycles. The lowest BCUT2D eigenvalue weighted by atomic mass is 9.98. The second-order valence-electron chi connectivity index (χ2n) is 7.05. The Bertz CT molecular complexity index is 861. The second kappa shape index (κ2) is 8.21. The third kappa shape index (κ3) is 4.45. The summed E-state index contributed by atoms with van der Waals surface area (Å²) >= 11 is 0. The minimum Gasteiger partial charge on any atom is -0.488 e. The van der Waals surface area contributed by atoms with Crippen LogP contribution >= 0.6 is 0 Å². The van der Waals surface area contributed by atoms with Crippen LogP contribution in [0.1, 0.15) is 46.8 Å². The van der Waals surface area contributed by atoms with Crippen molar-refractivity contribution >= 4 is 17.3 Å². The van der Waals surface area contributed by atoms with Gasteiger partial charge in [-0.1, -0.05) is 36.9 Å². The number of hydrogen-bond donors (Lipinski definition) is 0. The maximum atomic E-state index is 12.9. The standard InChI is InChI=1S/C23H25NO3/c1-16(2)20-14-21(23(26)24-11-9-19(25)10-12-24)17(3)13-22(20)27-15-18-7-5-4-6-8-18/h4-8,13-14H,1,9-12,15H2,2-3H3. The molecule has 2 aromatic rings. The Morgan fingerprint density at radius 1 is 1.11 bits per heavy atom. The largest absolute Gasteiger partial charge is 0.488 e. The fourth-order valence-electron chi connectivity index (χ4n) is 3.23. The van der Waals surface area contributed by atoms with Gasteiger partial charge in [-0.05, 0) is 42.7 Å². The Balaban J connectivity index is 1.84. The summed E-state index contributed by atoms with van der Waals surface area (Å²) in [6.45, 7) is 9.32. The van der Waals surface area contributed by atoms with E-state index < -0.39 is 0 Å². The normalized spacial score (nSPS) is 14.1. The van der Waals surface area contributed by atoms with E-state index in [4.69, 9.17) is 4.74 Å². The van der Waals surface area contributed by atoms with Crippen LogP contribution in [0.3, 0.4) is 0 Å². The molecule has 2 aromatic carbocycles. The Hall–Kier alpha value is -2.88. The van der Waals surface area contributed by atoms with Crippen LogP contribution in [0.2, 0.25) is 0 Å². The minimum absolute atomic E-state index is 0.0305. The van der Waals surface area contributed by atoms with Crippen LogP contribution in [-0.4, -0.2) is 29.7 Å². The molecule has 0 bridgehead atoms. The molecular weight excluding hydrogens is 338 g/mol. The van der Waals surface area contributed by atoms with Gasteiger partial charge in [0.1, 0.15) is 18.1 Å². The fourth-order valence-corrected chi connectivity index (χ4v) is 3.23. The highest BCUT2D eigenvalue weighted by Gasteiger charge is 2.24. The van der Waals surface area contributed by atoms with Crippen molar-refractivity contribution in [3.8, 4) is 5.75 Å². The van der Waals surface area contributed by atoms with Crippen LogP contribution < -0.4 is 4.74 Å². The van der Waals surface area contributed by atoms with E-state index in [1.807, 2.05) is 56.3 Å². The molecule has 0 N–H and O–H groups in total. The Morgan fingerprint density at radius 3 is 2.41 bits per heavy atom. The average molecular weight is 363 g/mol. The van der Waals surface area contributed by atoms with Gasteiger partial charge in [-0.15, -0.1) is 0 Å². The van der Waals surface area contributed by atoms with E-state index in [9.17, 15) is 9.59 Å². The third-order valence-electron chi connectivity index (χ3n) is 4.86. The minimum atomic E-state index is -0.0305.